The van der Waals surface area contributed by atoms with Crippen LogP contribution in [0.1, 0.15) is 45.5 Å². The predicted molar refractivity (Wildman–Crippen MR) is 84.6 cm³/mol. The Morgan fingerprint density at radius 1 is 1.00 bits per heavy atom. The van der Waals surface area contributed by atoms with E-state index in [-0.39, 0.29) is 5.02 Å². The molecule has 1 aliphatic rings. The highest BCUT2D eigenvalue weighted by Crippen LogP contribution is 2.40. The Balaban J connectivity index is 1.95. The second kappa shape index (κ2) is 6.23. The summed E-state index contributed by atoms with van der Waals surface area (Å²) in [6.07, 6.45) is 5.81. The minimum atomic E-state index is -0.949. The number of aryl methyl sites for hydroxylation is 2. The second-order valence-electron chi connectivity index (χ2n) is 5.31. The van der Waals surface area contributed by atoms with E-state index >= 15 is 0 Å². The van der Waals surface area contributed by atoms with Crippen LogP contribution in [0.4, 0.5) is 8.78 Å². The van der Waals surface area contributed by atoms with Gasteiger partial charge in [0.25, 0.3) is 0 Å². The van der Waals surface area contributed by atoms with E-state index in [9.17, 15) is 8.78 Å². The highest BCUT2D eigenvalue weighted by atomic mass is 35.5. The van der Waals surface area contributed by atoms with E-state index in [4.69, 9.17) is 23.2 Å². The Bertz CT molecular complexity index is 643. The van der Waals surface area contributed by atoms with E-state index in [1.165, 1.54) is 29.7 Å². The molecule has 0 aliphatic heterocycles. The molecule has 0 N–H and O–H groups in total. The van der Waals surface area contributed by atoms with Crippen molar-refractivity contribution in [1.29, 1.82) is 0 Å². The molecule has 1 heterocycles. The third-order valence-electron chi connectivity index (χ3n) is 3.83. The Hall–Kier alpha value is -0.640. The van der Waals surface area contributed by atoms with Crippen LogP contribution in [0.5, 0.6) is 0 Å². The van der Waals surface area contributed by atoms with Crippen molar-refractivity contribution in [3.63, 3.8) is 0 Å². The topological polar surface area (TPSA) is 0 Å². The van der Waals surface area contributed by atoms with Gasteiger partial charge in [0.15, 0.2) is 11.6 Å². The lowest BCUT2D eigenvalue weighted by atomic mass is 10.1. The maximum atomic E-state index is 13.4. The van der Waals surface area contributed by atoms with E-state index < -0.39 is 17.0 Å². The van der Waals surface area contributed by atoms with Crippen LogP contribution in [0.25, 0.3) is 0 Å². The molecular weight excluding hydrogens is 333 g/mol. The van der Waals surface area contributed by atoms with Crippen LogP contribution in [0.3, 0.4) is 0 Å². The number of rotatable bonds is 2. The van der Waals surface area contributed by atoms with Gasteiger partial charge in [-0.15, -0.1) is 22.9 Å². The normalized spacial score (nSPS) is 16.4. The van der Waals surface area contributed by atoms with E-state index in [1.54, 1.807) is 11.3 Å². The van der Waals surface area contributed by atoms with Gasteiger partial charge in [0, 0.05) is 14.8 Å². The van der Waals surface area contributed by atoms with Crippen LogP contribution < -0.4 is 0 Å². The number of halogens is 4. The Morgan fingerprint density at radius 2 is 1.71 bits per heavy atom. The van der Waals surface area contributed by atoms with Crippen molar-refractivity contribution < 1.29 is 8.78 Å². The van der Waals surface area contributed by atoms with Gasteiger partial charge in [-0.25, -0.2) is 8.78 Å². The Kier molecular flexibility index (Phi) is 4.53. The van der Waals surface area contributed by atoms with Crippen molar-refractivity contribution in [3.8, 4) is 0 Å². The van der Waals surface area contributed by atoms with Crippen molar-refractivity contribution in [2.45, 2.75) is 37.5 Å². The number of benzene rings is 1. The average molecular weight is 347 g/mol. The van der Waals surface area contributed by atoms with Crippen LogP contribution in [-0.4, -0.2) is 0 Å². The average Bonchev–Trinajstić information content (AvgIpc) is 2.73. The molecule has 0 amide bonds. The monoisotopic (exact) mass is 346 g/mol. The van der Waals surface area contributed by atoms with Crippen molar-refractivity contribution in [2.24, 2.45) is 0 Å². The van der Waals surface area contributed by atoms with Gasteiger partial charge in [-0.3, -0.25) is 0 Å². The molecule has 112 valence electrons. The van der Waals surface area contributed by atoms with Gasteiger partial charge in [0.2, 0.25) is 0 Å². The van der Waals surface area contributed by atoms with E-state index in [1.807, 2.05) is 0 Å². The van der Waals surface area contributed by atoms with E-state index in [0.717, 1.165) is 29.9 Å². The third-order valence-corrected chi connectivity index (χ3v) is 6.06. The molecule has 21 heavy (non-hydrogen) atoms. The fourth-order valence-corrected chi connectivity index (χ4v) is 4.65. The summed E-state index contributed by atoms with van der Waals surface area (Å²) in [5.74, 6) is -1.87. The first-order valence-electron chi connectivity index (χ1n) is 6.96. The molecule has 0 nitrogen and oxygen atoms in total. The fraction of sp³-hybridized carbons (Fsp3) is 0.375. The molecule has 1 aromatic carbocycles. The Labute approximate surface area is 136 Å². The summed E-state index contributed by atoms with van der Waals surface area (Å²) in [4.78, 5) is 2.32. The zero-order valence-corrected chi connectivity index (χ0v) is 13.6. The molecular formula is C16H14Cl2F2S. The van der Waals surface area contributed by atoms with Gasteiger partial charge in [0.1, 0.15) is 0 Å². The first-order chi connectivity index (χ1) is 10.1. The first-order valence-corrected chi connectivity index (χ1v) is 8.59. The lowest BCUT2D eigenvalue weighted by Gasteiger charge is -2.10. The van der Waals surface area contributed by atoms with Gasteiger partial charge >= 0.3 is 0 Å². The van der Waals surface area contributed by atoms with Gasteiger partial charge in [-0.1, -0.05) is 18.0 Å². The summed E-state index contributed by atoms with van der Waals surface area (Å²) in [7, 11) is 0. The summed E-state index contributed by atoms with van der Waals surface area (Å²) in [5.41, 5.74) is 1.77. The zero-order chi connectivity index (χ0) is 15.0. The number of hydrogen-bond donors (Lipinski definition) is 0. The van der Waals surface area contributed by atoms with Crippen LogP contribution in [0.15, 0.2) is 18.2 Å². The van der Waals surface area contributed by atoms with Crippen LogP contribution in [0.2, 0.25) is 5.02 Å². The molecule has 1 aromatic heterocycles. The van der Waals surface area contributed by atoms with Gasteiger partial charge in [0.05, 0.1) is 5.38 Å². The SMILES string of the molecule is Fc1cc(Cl)c(C(Cl)c2cc3c(s2)CCCCC3)cc1F. The van der Waals surface area contributed by atoms with Crippen molar-refractivity contribution >= 4 is 34.5 Å². The number of alkyl halides is 1. The van der Waals surface area contributed by atoms with E-state index in [0.29, 0.717) is 5.56 Å². The molecule has 0 saturated carbocycles. The molecule has 0 bridgehead atoms. The molecule has 3 rings (SSSR count). The number of hydrogen-bond acceptors (Lipinski definition) is 1. The van der Waals surface area contributed by atoms with Gasteiger partial charge in [-0.2, -0.15) is 0 Å². The second-order valence-corrected chi connectivity index (χ2v) is 7.32. The summed E-state index contributed by atoms with van der Waals surface area (Å²) in [5, 5.41) is -0.373. The van der Waals surface area contributed by atoms with E-state index in [2.05, 4.69) is 6.07 Å². The molecule has 0 fully saturated rings. The van der Waals surface area contributed by atoms with Crippen molar-refractivity contribution in [3.05, 3.63) is 55.7 Å². The van der Waals surface area contributed by atoms with Gasteiger partial charge < -0.3 is 0 Å². The molecule has 1 unspecified atom stereocenters. The summed E-state index contributed by atoms with van der Waals surface area (Å²) >= 11 is 14.1. The van der Waals surface area contributed by atoms with Crippen molar-refractivity contribution in [1.82, 2.24) is 0 Å². The fourth-order valence-electron chi connectivity index (χ4n) is 2.70. The van der Waals surface area contributed by atoms with Gasteiger partial charge in [-0.05, 0) is 55.0 Å². The smallest absolute Gasteiger partial charge is 0.160 e. The first kappa shape index (κ1) is 15.3. The standard InChI is InChI=1S/C16H14Cl2F2S/c17-11-8-13(20)12(19)7-10(11)16(18)15-6-9-4-2-1-3-5-14(9)21-15/h6-8,16H,1-5H2. The largest absolute Gasteiger partial charge is 0.204 e. The molecule has 0 spiro atoms. The lowest BCUT2D eigenvalue weighted by molar-refractivity contribution is 0.507. The predicted octanol–water partition coefficient (Wildman–Crippen LogP) is 6.28. The molecule has 1 atom stereocenters. The molecule has 1 aliphatic carbocycles. The number of thiophene rings is 1. The lowest BCUT2D eigenvalue weighted by Crippen LogP contribution is -1.95. The molecule has 2 aromatic rings. The van der Waals surface area contributed by atoms with Crippen molar-refractivity contribution in [2.75, 3.05) is 0 Å². The summed E-state index contributed by atoms with van der Waals surface area (Å²) in [6.45, 7) is 0. The molecule has 0 saturated heterocycles. The summed E-state index contributed by atoms with van der Waals surface area (Å²) < 4.78 is 26.6. The minimum absolute atomic E-state index is 0.164. The maximum absolute atomic E-state index is 13.4. The maximum Gasteiger partial charge on any atom is 0.160 e. The van der Waals surface area contributed by atoms with Crippen LogP contribution in [-0.2, 0) is 12.8 Å². The van der Waals surface area contributed by atoms with Crippen LogP contribution in [0, 0.1) is 11.6 Å². The quantitative estimate of drug-likeness (QED) is 0.341. The van der Waals surface area contributed by atoms with Crippen LogP contribution >= 0.6 is 34.5 Å². The highest BCUT2D eigenvalue weighted by molar-refractivity contribution is 7.12. The minimum Gasteiger partial charge on any atom is -0.204 e. The number of fused-ring (bicyclic) bond motifs is 1. The zero-order valence-electron chi connectivity index (χ0n) is 11.3. The Morgan fingerprint density at radius 3 is 2.52 bits per heavy atom. The summed E-state index contributed by atoms with van der Waals surface area (Å²) in [6, 6.07) is 4.18. The third kappa shape index (κ3) is 3.10. The highest BCUT2D eigenvalue weighted by Gasteiger charge is 2.21. The molecule has 5 heteroatoms. The molecule has 0 radical (unpaired) electrons.